The SMILES string of the molecule is CCOc1cccc(-c2cnc(N)c(OCc3c(Cl)cccc3Cl)c2)c1. The van der Waals surface area contributed by atoms with Crippen molar-refractivity contribution in [1.29, 1.82) is 0 Å². The lowest BCUT2D eigenvalue weighted by Crippen LogP contribution is -2.02. The molecule has 0 atom stereocenters. The van der Waals surface area contributed by atoms with Crippen molar-refractivity contribution in [2.24, 2.45) is 0 Å². The monoisotopic (exact) mass is 388 g/mol. The standard InChI is InChI=1S/C20H18Cl2N2O2/c1-2-25-15-6-3-5-13(9-15)14-10-19(20(23)24-11-14)26-12-16-17(21)7-4-8-18(16)22/h3-11H,2,12H2,1H3,(H2,23,24). The second kappa shape index (κ2) is 8.30. The van der Waals surface area contributed by atoms with E-state index in [1.807, 2.05) is 37.3 Å². The van der Waals surface area contributed by atoms with Gasteiger partial charge in [-0.1, -0.05) is 41.4 Å². The number of rotatable bonds is 6. The van der Waals surface area contributed by atoms with Gasteiger partial charge < -0.3 is 15.2 Å². The third-order valence-electron chi connectivity index (χ3n) is 3.79. The first-order chi connectivity index (χ1) is 12.6. The van der Waals surface area contributed by atoms with Gasteiger partial charge in [0.05, 0.1) is 6.61 Å². The number of hydrogen-bond donors (Lipinski definition) is 1. The molecule has 0 bridgehead atoms. The Balaban J connectivity index is 1.85. The second-order valence-electron chi connectivity index (χ2n) is 5.56. The van der Waals surface area contributed by atoms with Gasteiger partial charge in [0.2, 0.25) is 0 Å². The largest absolute Gasteiger partial charge is 0.494 e. The quantitative estimate of drug-likeness (QED) is 0.595. The maximum atomic E-state index is 6.18. The summed E-state index contributed by atoms with van der Waals surface area (Å²) in [6.07, 6.45) is 1.70. The fraction of sp³-hybridized carbons (Fsp3) is 0.150. The molecule has 1 heterocycles. The van der Waals surface area contributed by atoms with E-state index >= 15 is 0 Å². The molecule has 0 saturated carbocycles. The molecule has 0 saturated heterocycles. The van der Waals surface area contributed by atoms with Crippen molar-refractivity contribution in [2.45, 2.75) is 13.5 Å². The highest BCUT2D eigenvalue weighted by atomic mass is 35.5. The summed E-state index contributed by atoms with van der Waals surface area (Å²) in [5.74, 6) is 1.57. The average molecular weight is 389 g/mol. The van der Waals surface area contributed by atoms with E-state index in [9.17, 15) is 0 Å². The lowest BCUT2D eigenvalue weighted by molar-refractivity contribution is 0.307. The van der Waals surface area contributed by atoms with Gasteiger partial charge in [0.1, 0.15) is 12.4 Å². The number of nitrogens with zero attached hydrogens (tertiary/aromatic N) is 1. The van der Waals surface area contributed by atoms with Crippen LogP contribution in [0.2, 0.25) is 10.0 Å². The molecule has 134 valence electrons. The molecule has 1 aromatic heterocycles. The minimum atomic E-state index is 0.201. The predicted molar refractivity (Wildman–Crippen MR) is 106 cm³/mol. The van der Waals surface area contributed by atoms with Crippen LogP contribution in [0.5, 0.6) is 11.5 Å². The first-order valence-corrected chi connectivity index (χ1v) is 8.88. The normalized spacial score (nSPS) is 10.6. The summed E-state index contributed by atoms with van der Waals surface area (Å²) in [4.78, 5) is 4.23. The van der Waals surface area contributed by atoms with Gasteiger partial charge in [-0.3, -0.25) is 0 Å². The molecule has 2 N–H and O–H groups in total. The number of aromatic nitrogens is 1. The Bertz CT molecular complexity index is 896. The molecule has 0 fully saturated rings. The van der Waals surface area contributed by atoms with Crippen LogP contribution in [0.4, 0.5) is 5.82 Å². The van der Waals surface area contributed by atoms with E-state index in [1.54, 1.807) is 24.4 Å². The topological polar surface area (TPSA) is 57.4 Å². The highest BCUT2D eigenvalue weighted by Crippen LogP contribution is 2.31. The molecule has 4 nitrogen and oxygen atoms in total. The molecule has 3 aromatic rings. The highest BCUT2D eigenvalue weighted by Gasteiger charge is 2.10. The Morgan fingerprint density at radius 1 is 0.962 bits per heavy atom. The first kappa shape index (κ1) is 18.4. The highest BCUT2D eigenvalue weighted by molar-refractivity contribution is 6.35. The zero-order valence-electron chi connectivity index (χ0n) is 14.2. The maximum Gasteiger partial charge on any atom is 0.166 e. The molecule has 0 amide bonds. The number of pyridine rings is 1. The Morgan fingerprint density at radius 3 is 2.42 bits per heavy atom. The first-order valence-electron chi connectivity index (χ1n) is 8.13. The summed E-state index contributed by atoms with van der Waals surface area (Å²) in [6, 6.07) is 14.9. The van der Waals surface area contributed by atoms with Crippen molar-refractivity contribution in [2.75, 3.05) is 12.3 Å². The molecule has 0 spiro atoms. The minimum Gasteiger partial charge on any atom is -0.494 e. The van der Waals surface area contributed by atoms with Gasteiger partial charge in [-0.2, -0.15) is 0 Å². The van der Waals surface area contributed by atoms with E-state index in [-0.39, 0.29) is 6.61 Å². The molecular formula is C20H18Cl2N2O2. The van der Waals surface area contributed by atoms with Crippen molar-refractivity contribution in [3.63, 3.8) is 0 Å². The van der Waals surface area contributed by atoms with Crippen molar-refractivity contribution in [3.05, 3.63) is 70.3 Å². The van der Waals surface area contributed by atoms with Crippen LogP contribution in [0.25, 0.3) is 11.1 Å². The van der Waals surface area contributed by atoms with Crippen LogP contribution in [0, 0.1) is 0 Å². The molecule has 0 aliphatic carbocycles. The van der Waals surface area contributed by atoms with Crippen LogP contribution in [-0.2, 0) is 6.61 Å². The van der Waals surface area contributed by atoms with Gasteiger partial charge in [0, 0.05) is 27.4 Å². The van der Waals surface area contributed by atoms with Crippen LogP contribution in [-0.4, -0.2) is 11.6 Å². The number of nitrogens with two attached hydrogens (primary N) is 1. The van der Waals surface area contributed by atoms with Gasteiger partial charge >= 0.3 is 0 Å². The van der Waals surface area contributed by atoms with Crippen molar-refractivity contribution >= 4 is 29.0 Å². The second-order valence-corrected chi connectivity index (χ2v) is 6.37. The third kappa shape index (κ3) is 4.21. The van der Waals surface area contributed by atoms with E-state index in [0.29, 0.717) is 33.8 Å². The van der Waals surface area contributed by atoms with Crippen LogP contribution in [0.3, 0.4) is 0 Å². The zero-order valence-corrected chi connectivity index (χ0v) is 15.7. The number of hydrogen-bond acceptors (Lipinski definition) is 4. The number of halogens is 2. The Kier molecular flexibility index (Phi) is 5.86. The van der Waals surface area contributed by atoms with E-state index < -0.39 is 0 Å². The summed E-state index contributed by atoms with van der Waals surface area (Å²) in [5, 5.41) is 1.09. The molecule has 26 heavy (non-hydrogen) atoms. The van der Waals surface area contributed by atoms with Crippen LogP contribution < -0.4 is 15.2 Å². The van der Waals surface area contributed by atoms with E-state index in [2.05, 4.69) is 4.98 Å². The molecular weight excluding hydrogens is 371 g/mol. The van der Waals surface area contributed by atoms with Gasteiger partial charge in [-0.15, -0.1) is 0 Å². The summed E-state index contributed by atoms with van der Waals surface area (Å²) in [7, 11) is 0. The lowest BCUT2D eigenvalue weighted by Gasteiger charge is -2.12. The third-order valence-corrected chi connectivity index (χ3v) is 4.50. The summed E-state index contributed by atoms with van der Waals surface area (Å²) >= 11 is 12.4. The van der Waals surface area contributed by atoms with E-state index in [4.69, 9.17) is 38.4 Å². The lowest BCUT2D eigenvalue weighted by atomic mass is 10.1. The maximum absolute atomic E-state index is 6.18. The Morgan fingerprint density at radius 2 is 1.69 bits per heavy atom. The number of nitrogen functional groups attached to an aromatic ring is 1. The van der Waals surface area contributed by atoms with Gasteiger partial charge in [0.25, 0.3) is 0 Å². The van der Waals surface area contributed by atoms with E-state index in [0.717, 1.165) is 16.9 Å². The number of ether oxygens (including phenoxy) is 2. The fourth-order valence-electron chi connectivity index (χ4n) is 2.48. The molecule has 0 radical (unpaired) electrons. The van der Waals surface area contributed by atoms with Gasteiger partial charge in [0.15, 0.2) is 11.6 Å². The van der Waals surface area contributed by atoms with Crippen molar-refractivity contribution in [3.8, 4) is 22.6 Å². The number of benzene rings is 2. The van der Waals surface area contributed by atoms with Crippen LogP contribution in [0.15, 0.2) is 54.7 Å². The van der Waals surface area contributed by atoms with Crippen molar-refractivity contribution < 1.29 is 9.47 Å². The summed E-state index contributed by atoms with van der Waals surface area (Å²) in [6.45, 7) is 2.76. The van der Waals surface area contributed by atoms with Gasteiger partial charge in [-0.05, 0) is 42.8 Å². The molecule has 0 aliphatic rings. The van der Waals surface area contributed by atoms with Crippen LogP contribution >= 0.6 is 23.2 Å². The Labute approximate surface area is 162 Å². The summed E-state index contributed by atoms with van der Waals surface area (Å²) in [5.41, 5.74) is 8.50. The minimum absolute atomic E-state index is 0.201. The smallest absolute Gasteiger partial charge is 0.166 e. The number of anilines is 1. The van der Waals surface area contributed by atoms with Crippen LogP contribution in [0.1, 0.15) is 12.5 Å². The molecule has 0 aliphatic heterocycles. The molecule has 0 unspecified atom stereocenters. The summed E-state index contributed by atoms with van der Waals surface area (Å²) < 4.78 is 11.4. The zero-order chi connectivity index (χ0) is 18.5. The fourth-order valence-corrected chi connectivity index (χ4v) is 2.99. The predicted octanol–water partition coefficient (Wildman–Crippen LogP) is 5.62. The van der Waals surface area contributed by atoms with Gasteiger partial charge in [-0.25, -0.2) is 4.98 Å². The average Bonchev–Trinajstić information content (AvgIpc) is 2.63. The molecule has 2 aromatic carbocycles. The van der Waals surface area contributed by atoms with Crippen molar-refractivity contribution in [1.82, 2.24) is 4.98 Å². The molecule has 6 heteroatoms. The molecule has 3 rings (SSSR count). The Hall–Kier alpha value is -2.43. The van der Waals surface area contributed by atoms with E-state index in [1.165, 1.54) is 0 Å².